The van der Waals surface area contributed by atoms with Crippen molar-refractivity contribution in [3.8, 4) is 0 Å². The van der Waals surface area contributed by atoms with E-state index in [9.17, 15) is 4.79 Å². The van der Waals surface area contributed by atoms with Crippen LogP contribution in [0.25, 0.3) is 0 Å². The first-order valence-corrected chi connectivity index (χ1v) is 3.02. The predicted molar refractivity (Wildman–Crippen MR) is 36.6 cm³/mol. The van der Waals surface area contributed by atoms with E-state index in [-0.39, 0.29) is 5.92 Å². The Morgan fingerprint density at radius 3 is 2.44 bits per heavy atom. The number of alkyl halides is 1. The molecule has 0 rings (SSSR count). The molecular weight excluding hydrogens is 140 g/mol. The van der Waals surface area contributed by atoms with E-state index in [4.69, 9.17) is 16.7 Å². The van der Waals surface area contributed by atoms with Gasteiger partial charge in [-0.2, -0.15) is 0 Å². The molecule has 0 amide bonds. The van der Waals surface area contributed by atoms with Crippen molar-refractivity contribution in [3.05, 3.63) is 12.7 Å². The standard InChI is InChI=1S/C6H9ClO2/c1-3-4(2)5(7)6(8)9/h3-5H,1H2,2H3,(H,8,9)/t4-,5+/m1/s1. The number of carboxylic acid groups (broad SMARTS) is 1. The lowest BCUT2D eigenvalue weighted by molar-refractivity contribution is -0.137. The van der Waals surface area contributed by atoms with Crippen molar-refractivity contribution < 1.29 is 9.90 Å². The predicted octanol–water partition coefficient (Wildman–Crippen LogP) is 1.50. The van der Waals surface area contributed by atoms with Crippen LogP contribution in [0, 0.1) is 5.92 Å². The number of carboxylic acids is 1. The number of carbonyl (C=O) groups is 1. The SMILES string of the molecule is C=C[C@@H](C)[C@H](Cl)C(=O)O. The van der Waals surface area contributed by atoms with Gasteiger partial charge in [-0.05, 0) is 0 Å². The van der Waals surface area contributed by atoms with Gasteiger partial charge in [-0.15, -0.1) is 18.2 Å². The second-order valence-corrected chi connectivity index (χ2v) is 2.31. The molecule has 3 heteroatoms. The third kappa shape index (κ3) is 2.51. The summed E-state index contributed by atoms with van der Waals surface area (Å²) < 4.78 is 0. The second kappa shape index (κ2) is 3.51. The fraction of sp³-hybridized carbons (Fsp3) is 0.500. The molecule has 0 aromatic heterocycles. The summed E-state index contributed by atoms with van der Waals surface area (Å²) in [5, 5.41) is 7.46. The van der Waals surface area contributed by atoms with E-state index in [0.717, 1.165) is 0 Å². The van der Waals surface area contributed by atoms with Crippen LogP contribution in [0.3, 0.4) is 0 Å². The molecule has 0 heterocycles. The van der Waals surface area contributed by atoms with Crippen molar-refractivity contribution in [1.82, 2.24) is 0 Å². The molecule has 2 atom stereocenters. The molecule has 0 aliphatic carbocycles. The maximum Gasteiger partial charge on any atom is 0.322 e. The molecule has 0 aromatic rings. The van der Waals surface area contributed by atoms with Crippen LogP contribution >= 0.6 is 11.6 Å². The molecule has 0 aliphatic rings. The van der Waals surface area contributed by atoms with E-state index in [1.54, 1.807) is 6.92 Å². The van der Waals surface area contributed by atoms with Gasteiger partial charge in [0.2, 0.25) is 0 Å². The van der Waals surface area contributed by atoms with Crippen LogP contribution in [0.15, 0.2) is 12.7 Å². The smallest absolute Gasteiger partial charge is 0.322 e. The van der Waals surface area contributed by atoms with Crippen LogP contribution in [0.4, 0.5) is 0 Å². The number of rotatable bonds is 3. The number of hydrogen-bond donors (Lipinski definition) is 1. The van der Waals surface area contributed by atoms with Crippen LogP contribution < -0.4 is 0 Å². The zero-order valence-corrected chi connectivity index (χ0v) is 5.93. The van der Waals surface area contributed by atoms with Gasteiger partial charge in [-0.3, -0.25) is 4.79 Å². The van der Waals surface area contributed by atoms with Gasteiger partial charge in [0.25, 0.3) is 0 Å². The molecule has 0 unspecified atom stereocenters. The normalized spacial score (nSPS) is 16.2. The topological polar surface area (TPSA) is 37.3 Å². The highest BCUT2D eigenvalue weighted by Crippen LogP contribution is 2.10. The van der Waals surface area contributed by atoms with Gasteiger partial charge in [0.05, 0.1) is 0 Å². The third-order valence-corrected chi connectivity index (χ3v) is 1.65. The summed E-state index contributed by atoms with van der Waals surface area (Å²) >= 11 is 5.40. The van der Waals surface area contributed by atoms with Crippen molar-refractivity contribution in [3.63, 3.8) is 0 Å². The van der Waals surface area contributed by atoms with Gasteiger partial charge in [0.1, 0.15) is 5.38 Å². The van der Waals surface area contributed by atoms with E-state index in [0.29, 0.717) is 0 Å². The fourth-order valence-corrected chi connectivity index (χ4v) is 0.447. The van der Waals surface area contributed by atoms with Gasteiger partial charge in [-0.1, -0.05) is 13.0 Å². The third-order valence-electron chi connectivity index (χ3n) is 1.07. The summed E-state index contributed by atoms with van der Waals surface area (Å²) in [4.78, 5) is 10.1. The number of allylic oxidation sites excluding steroid dienone is 1. The highest BCUT2D eigenvalue weighted by atomic mass is 35.5. The Hall–Kier alpha value is -0.500. The van der Waals surface area contributed by atoms with Gasteiger partial charge < -0.3 is 5.11 Å². The first-order valence-electron chi connectivity index (χ1n) is 2.59. The average Bonchev–Trinajstić information content (AvgIpc) is 1.84. The molecule has 0 fully saturated rings. The molecule has 1 N–H and O–H groups in total. The number of halogens is 1. The maximum atomic E-state index is 10.1. The van der Waals surface area contributed by atoms with Crippen LogP contribution in [-0.4, -0.2) is 16.5 Å². The molecule has 0 bridgehead atoms. The fourth-order valence-electron chi connectivity index (χ4n) is 0.344. The molecule has 52 valence electrons. The minimum absolute atomic E-state index is 0.177. The molecule has 0 aliphatic heterocycles. The molecule has 0 radical (unpaired) electrons. The summed E-state index contributed by atoms with van der Waals surface area (Å²) in [6.07, 6.45) is 1.52. The van der Waals surface area contributed by atoms with Gasteiger partial charge in [0, 0.05) is 5.92 Å². The molecule has 2 nitrogen and oxygen atoms in total. The average molecular weight is 149 g/mol. The molecule has 0 aromatic carbocycles. The lowest BCUT2D eigenvalue weighted by atomic mass is 10.1. The monoisotopic (exact) mass is 148 g/mol. The van der Waals surface area contributed by atoms with E-state index >= 15 is 0 Å². The Kier molecular flexibility index (Phi) is 3.32. The largest absolute Gasteiger partial charge is 0.480 e. The number of hydrogen-bond acceptors (Lipinski definition) is 1. The van der Waals surface area contributed by atoms with Crippen molar-refractivity contribution in [2.45, 2.75) is 12.3 Å². The van der Waals surface area contributed by atoms with Crippen molar-refractivity contribution in [2.24, 2.45) is 5.92 Å². The molecule has 0 spiro atoms. The van der Waals surface area contributed by atoms with Gasteiger partial charge in [0.15, 0.2) is 0 Å². The van der Waals surface area contributed by atoms with Crippen LogP contribution in [0.1, 0.15) is 6.92 Å². The molecule has 9 heavy (non-hydrogen) atoms. The molecular formula is C6H9ClO2. The lowest BCUT2D eigenvalue weighted by Gasteiger charge is -2.06. The zero-order valence-electron chi connectivity index (χ0n) is 5.17. The van der Waals surface area contributed by atoms with E-state index in [2.05, 4.69) is 6.58 Å². The van der Waals surface area contributed by atoms with Crippen molar-refractivity contribution in [2.75, 3.05) is 0 Å². The minimum atomic E-state index is -0.996. The quantitative estimate of drug-likeness (QED) is 0.487. The second-order valence-electron chi connectivity index (χ2n) is 1.83. The Bertz CT molecular complexity index is 122. The molecule has 0 saturated carbocycles. The molecule has 0 saturated heterocycles. The maximum absolute atomic E-state index is 10.1. The van der Waals surface area contributed by atoms with Crippen molar-refractivity contribution >= 4 is 17.6 Å². The van der Waals surface area contributed by atoms with Crippen molar-refractivity contribution in [1.29, 1.82) is 0 Å². The summed E-state index contributed by atoms with van der Waals surface area (Å²) in [6.45, 7) is 5.12. The highest BCUT2D eigenvalue weighted by molar-refractivity contribution is 6.29. The van der Waals surface area contributed by atoms with Crippen LogP contribution in [0.2, 0.25) is 0 Å². The highest BCUT2D eigenvalue weighted by Gasteiger charge is 2.18. The first-order chi connectivity index (χ1) is 4.09. The lowest BCUT2D eigenvalue weighted by Crippen LogP contribution is -2.19. The van der Waals surface area contributed by atoms with Gasteiger partial charge in [-0.25, -0.2) is 0 Å². The van der Waals surface area contributed by atoms with Gasteiger partial charge >= 0.3 is 5.97 Å². The Morgan fingerprint density at radius 2 is 2.33 bits per heavy atom. The first kappa shape index (κ1) is 8.50. The Balaban J connectivity index is 3.86. The summed E-state index contributed by atoms with van der Waals surface area (Å²) in [7, 11) is 0. The summed E-state index contributed by atoms with van der Waals surface area (Å²) in [6, 6.07) is 0. The minimum Gasteiger partial charge on any atom is -0.480 e. The van der Waals surface area contributed by atoms with Crippen LogP contribution in [0.5, 0.6) is 0 Å². The van der Waals surface area contributed by atoms with E-state index < -0.39 is 11.3 Å². The van der Waals surface area contributed by atoms with E-state index in [1.807, 2.05) is 0 Å². The summed E-state index contributed by atoms with van der Waals surface area (Å²) in [5.41, 5.74) is 0. The zero-order chi connectivity index (χ0) is 7.44. The van der Waals surface area contributed by atoms with Crippen LogP contribution in [-0.2, 0) is 4.79 Å². The Labute approximate surface area is 59.1 Å². The Morgan fingerprint density at radius 1 is 1.89 bits per heavy atom. The van der Waals surface area contributed by atoms with E-state index in [1.165, 1.54) is 6.08 Å². The number of aliphatic carboxylic acids is 1. The summed E-state index contributed by atoms with van der Waals surface area (Å²) in [5.74, 6) is -1.17.